The van der Waals surface area contributed by atoms with Crippen LogP contribution in [0, 0.1) is 6.92 Å². The fraction of sp³-hybridized carbons (Fsp3) is 0.714. The predicted octanol–water partition coefficient (Wildman–Crippen LogP) is 1.33. The molecule has 2 heterocycles. The monoisotopic (exact) mass is 280 g/mol. The molecule has 0 spiro atoms. The molecular formula is C14H24N4O2. The second-order valence-electron chi connectivity index (χ2n) is 5.30. The van der Waals surface area contributed by atoms with Crippen molar-refractivity contribution >= 4 is 11.8 Å². The SMILES string of the molecule is CCc1[nH]nc(NC2CCN(CC(=O)OC)CC2)c1C. The standard InChI is InChI=1S/C14H24N4O2/c1-4-12-10(2)14(17-16-12)15-11-5-7-18(8-6-11)9-13(19)20-3/h11H,4-9H2,1-3H3,(H2,15,16,17). The zero-order valence-electron chi connectivity index (χ0n) is 12.5. The van der Waals surface area contributed by atoms with E-state index in [0.717, 1.165) is 38.2 Å². The number of esters is 1. The van der Waals surface area contributed by atoms with Crippen LogP contribution in [-0.2, 0) is 16.0 Å². The number of aromatic amines is 1. The van der Waals surface area contributed by atoms with Gasteiger partial charge in [0.15, 0.2) is 5.82 Å². The summed E-state index contributed by atoms with van der Waals surface area (Å²) >= 11 is 0. The molecule has 0 radical (unpaired) electrons. The van der Waals surface area contributed by atoms with Gasteiger partial charge in [0.05, 0.1) is 13.7 Å². The Labute approximate surface area is 119 Å². The molecule has 1 aromatic heterocycles. The van der Waals surface area contributed by atoms with Crippen LogP contribution < -0.4 is 5.32 Å². The van der Waals surface area contributed by atoms with Crippen molar-refractivity contribution in [2.45, 2.75) is 39.2 Å². The summed E-state index contributed by atoms with van der Waals surface area (Å²) in [5, 5.41) is 10.9. The van der Waals surface area contributed by atoms with Gasteiger partial charge in [-0.1, -0.05) is 6.92 Å². The van der Waals surface area contributed by atoms with Crippen LogP contribution in [0.2, 0.25) is 0 Å². The molecule has 0 amide bonds. The van der Waals surface area contributed by atoms with Gasteiger partial charge >= 0.3 is 5.97 Å². The highest BCUT2D eigenvalue weighted by Gasteiger charge is 2.22. The first-order chi connectivity index (χ1) is 9.63. The van der Waals surface area contributed by atoms with Crippen LogP contribution in [0.25, 0.3) is 0 Å². The molecule has 2 rings (SSSR count). The molecule has 0 bridgehead atoms. The minimum Gasteiger partial charge on any atom is -0.468 e. The lowest BCUT2D eigenvalue weighted by atomic mass is 10.0. The van der Waals surface area contributed by atoms with Gasteiger partial charge in [-0.15, -0.1) is 0 Å². The Bertz CT molecular complexity index is 450. The summed E-state index contributed by atoms with van der Waals surface area (Å²) in [5.74, 6) is 0.806. The zero-order chi connectivity index (χ0) is 14.5. The summed E-state index contributed by atoms with van der Waals surface area (Å²) in [4.78, 5) is 13.4. The molecule has 2 N–H and O–H groups in total. The van der Waals surface area contributed by atoms with Crippen molar-refractivity contribution in [3.63, 3.8) is 0 Å². The van der Waals surface area contributed by atoms with E-state index in [0.29, 0.717) is 12.6 Å². The van der Waals surface area contributed by atoms with Crippen molar-refractivity contribution in [3.05, 3.63) is 11.3 Å². The lowest BCUT2D eigenvalue weighted by molar-refractivity contribution is -0.142. The number of carbonyl (C=O) groups is 1. The van der Waals surface area contributed by atoms with Crippen molar-refractivity contribution < 1.29 is 9.53 Å². The maximum atomic E-state index is 11.2. The Kier molecular flexibility index (Phi) is 5.00. The fourth-order valence-electron chi connectivity index (χ4n) is 2.59. The van der Waals surface area contributed by atoms with Crippen LogP contribution in [0.5, 0.6) is 0 Å². The summed E-state index contributed by atoms with van der Waals surface area (Å²) < 4.78 is 4.70. The molecule has 1 saturated heterocycles. The lowest BCUT2D eigenvalue weighted by Crippen LogP contribution is -2.41. The molecule has 0 aliphatic carbocycles. The summed E-state index contributed by atoms with van der Waals surface area (Å²) in [6.45, 7) is 6.44. The summed E-state index contributed by atoms with van der Waals surface area (Å²) in [7, 11) is 1.43. The third kappa shape index (κ3) is 3.50. The van der Waals surface area contributed by atoms with Gasteiger partial charge < -0.3 is 10.1 Å². The molecule has 20 heavy (non-hydrogen) atoms. The van der Waals surface area contributed by atoms with Crippen molar-refractivity contribution in [2.75, 3.05) is 32.1 Å². The minimum atomic E-state index is -0.160. The number of carbonyl (C=O) groups excluding carboxylic acids is 1. The van der Waals surface area contributed by atoms with E-state index in [1.165, 1.54) is 18.4 Å². The van der Waals surface area contributed by atoms with E-state index in [4.69, 9.17) is 4.74 Å². The summed E-state index contributed by atoms with van der Waals surface area (Å²) in [5.41, 5.74) is 2.40. The third-order valence-corrected chi connectivity index (χ3v) is 3.97. The first-order valence-electron chi connectivity index (χ1n) is 7.23. The van der Waals surface area contributed by atoms with Gasteiger partial charge in [0.25, 0.3) is 0 Å². The van der Waals surface area contributed by atoms with Crippen LogP contribution in [0.4, 0.5) is 5.82 Å². The van der Waals surface area contributed by atoms with Gasteiger partial charge in [0.2, 0.25) is 0 Å². The van der Waals surface area contributed by atoms with Crippen molar-refractivity contribution in [3.8, 4) is 0 Å². The van der Waals surface area contributed by atoms with Crippen molar-refractivity contribution in [1.29, 1.82) is 0 Å². The molecule has 1 aliphatic heterocycles. The largest absolute Gasteiger partial charge is 0.468 e. The molecule has 6 heteroatoms. The number of hydrogen-bond acceptors (Lipinski definition) is 5. The second-order valence-corrected chi connectivity index (χ2v) is 5.30. The normalized spacial score (nSPS) is 17.1. The van der Waals surface area contributed by atoms with Crippen LogP contribution in [0.15, 0.2) is 0 Å². The van der Waals surface area contributed by atoms with E-state index in [-0.39, 0.29) is 5.97 Å². The molecule has 1 fully saturated rings. The predicted molar refractivity (Wildman–Crippen MR) is 77.8 cm³/mol. The van der Waals surface area contributed by atoms with Crippen molar-refractivity contribution in [1.82, 2.24) is 15.1 Å². The number of methoxy groups -OCH3 is 1. The average molecular weight is 280 g/mol. The van der Waals surface area contributed by atoms with Gasteiger partial charge in [0.1, 0.15) is 0 Å². The Morgan fingerprint density at radius 2 is 2.20 bits per heavy atom. The first-order valence-corrected chi connectivity index (χ1v) is 7.23. The summed E-state index contributed by atoms with van der Waals surface area (Å²) in [6, 6.07) is 0.426. The number of aromatic nitrogens is 2. The number of nitrogens with zero attached hydrogens (tertiary/aromatic N) is 2. The van der Waals surface area contributed by atoms with E-state index in [1.54, 1.807) is 0 Å². The van der Waals surface area contributed by atoms with E-state index in [1.807, 2.05) is 0 Å². The minimum absolute atomic E-state index is 0.160. The number of aryl methyl sites for hydroxylation is 1. The number of hydrogen-bond donors (Lipinski definition) is 2. The molecule has 112 valence electrons. The highest BCUT2D eigenvalue weighted by molar-refractivity contribution is 5.71. The number of anilines is 1. The van der Waals surface area contributed by atoms with Gasteiger partial charge in [0, 0.05) is 30.4 Å². The van der Waals surface area contributed by atoms with Crippen molar-refractivity contribution in [2.24, 2.45) is 0 Å². The molecule has 6 nitrogen and oxygen atoms in total. The van der Waals surface area contributed by atoms with Gasteiger partial charge in [-0.2, -0.15) is 5.10 Å². The number of piperidine rings is 1. The van der Waals surface area contributed by atoms with Crippen LogP contribution in [0.1, 0.15) is 31.0 Å². The average Bonchev–Trinajstić information content (AvgIpc) is 2.81. The van der Waals surface area contributed by atoms with Crippen LogP contribution in [-0.4, -0.2) is 53.9 Å². The van der Waals surface area contributed by atoms with Crippen LogP contribution >= 0.6 is 0 Å². The molecule has 1 aromatic rings. The topological polar surface area (TPSA) is 70.2 Å². The van der Waals surface area contributed by atoms with E-state index < -0.39 is 0 Å². The van der Waals surface area contributed by atoms with Gasteiger partial charge in [-0.25, -0.2) is 0 Å². The number of likely N-dealkylation sites (tertiary alicyclic amines) is 1. The zero-order valence-corrected chi connectivity index (χ0v) is 12.5. The van der Waals surface area contributed by atoms with Crippen LogP contribution in [0.3, 0.4) is 0 Å². The fourth-order valence-corrected chi connectivity index (χ4v) is 2.59. The molecular weight excluding hydrogens is 256 g/mol. The Hall–Kier alpha value is -1.56. The van der Waals surface area contributed by atoms with E-state index in [9.17, 15) is 4.79 Å². The maximum Gasteiger partial charge on any atom is 0.319 e. The highest BCUT2D eigenvalue weighted by Crippen LogP contribution is 2.20. The molecule has 0 aromatic carbocycles. The molecule has 0 atom stereocenters. The molecule has 1 aliphatic rings. The third-order valence-electron chi connectivity index (χ3n) is 3.97. The number of ether oxygens (including phenoxy) is 1. The molecule has 0 unspecified atom stereocenters. The van der Waals surface area contributed by atoms with Gasteiger partial charge in [-0.05, 0) is 26.2 Å². The highest BCUT2D eigenvalue weighted by atomic mass is 16.5. The van der Waals surface area contributed by atoms with E-state index >= 15 is 0 Å². The number of rotatable bonds is 5. The maximum absolute atomic E-state index is 11.2. The number of nitrogens with one attached hydrogen (secondary N) is 2. The summed E-state index contributed by atoms with van der Waals surface area (Å²) in [6.07, 6.45) is 3.01. The quantitative estimate of drug-likeness (QED) is 0.796. The lowest BCUT2D eigenvalue weighted by Gasteiger charge is -2.31. The number of H-pyrrole nitrogens is 1. The first kappa shape index (κ1) is 14.8. The van der Waals surface area contributed by atoms with E-state index in [2.05, 4.69) is 34.3 Å². The smallest absolute Gasteiger partial charge is 0.319 e. The molecule has 0 saturated carbocycles. The Morgan fingerprint density at radius 3 is 2.75 bits per heavy atom. The Morgan fingerprint density at radius 1 is 1.50 bits per heavy atom. The second kappa shape index (κ2) is 6.74. The Balaban J connectivity index is 1.82. The van der Waals surface area contributed by atoms with Gasteiger partial charge in [-0.3, -0.25) is 14.8 Å².